The van der Waals surface area contributed by atoms with E-state index in [1.807, 2.05) is 0 Å². The van der Waals surface area contributed by atoms with Crippen LogP contribution in [-0.2, 0) is 9.84 Å². The Labute approximate surface area is 112 Å². The third kappa shape index (κ3) is 3.95. The summed E-state index contributed by atoms with van der Waals surface area (Å²) in [4.78, 5) is 0. The van der Waals surface area contributed by atoms with Crippen LogP contribution >= 0.6 is 0 Å². The smallest absolute Gasteiger partial charge is 0.150 e. The van der Waals surface area contributed by atoms with Crippen LogP contribution in [0.15, 0.2) is 0 Å². The molecule has 2 unspecified atom stereocenters. The molecular weight excluding hydrogens is 246 g/mol. The molecule has 0 amide bonds. The summed E-state index contributed by atoms with van der Waals surface area (Å²) in [5, 5.41) is 3.43. The van der Waals surface area contributed by atoms with E-state index in [-0.39, 0.29) is 0 Å². The molecule has 0 aromatic rings. The zero-order valence-electron chi connectivity index (χ0n) is 11.5. The second-order valence-electron chi connectivity index (χ2n) is 6.12. The molecule has 2 fully saturated rings. The fraction of sp³-hybridized carbons (Fsp3) is 1.00. The minimum absolute atomic E-state index is 0.412. The lowest BCUT2D eigenvalue weighted by atomic mass is 9.83. The largest absolute Gasteiger partial charge is 0.317 e. The van der Waals surface area contributed by atoms with Gasteiger partial charge in [-0.15, -0.1) is 0 Å². The SMILES string of the molecule is CCNCC(CC1CCCC1)C1CCS(=O)(=O)C1. The molecule has 1 saturated carbocycles. The molecule has 0 radical (unpaired) electrons. The average molecular weight is 273 g/mol. The van der Waals surface area contributed by atoms with E-state index < -0.39 is 9.84 Å². The molecule has 2 rings (SSSR count). The third-order valence-electron chi connectivity index (χ3n) is 4.70. The Kier molecular flexibility index (Phi) is 5.07. The highest BCUT2D eigenvalue weighted by molar-refractivity contribution is 7.91. The van der Waals surface area contributed by atoms with Crippen LogP contribution in [0.3, 0.4) is 0 Å². The zero-order chi connectivity index (χ0) is 13.0. The first-order valence-electron chi connectivity index (χ1n) is 7.52. The summed E-state index contributed by atoms with van der Waals surface area (Å²) < 4.78 is 23.3. The Hall–Kier alpha value is -0.0900. The summed E-state index contributed by atoms with van der Waals surface area (Å²) in [6.07, 6.45) is 7.62. The summed E-state index contributed by atoms with van der Waals surface area (Å²) in [6.45, 7) is 4.12. The van der Waals surface area contributed by atoms with E-state index in [1.165, 1.54) is 32.1 Å². The van der Waals surface area contributed by atoms with E-state index in [0.717, 1.165) is 25.4 Å². The molecule has 4 heteroatoms. The topological polar surface area (TPSA) is 46.2 Å². The molecule has 1 saturated heterocycles. The van der Waals surface area contributed by atoms with Gasteiger partial charge in [-0.25, -0.2) is 8.42 Å². The van der Waals surface area contributed by atoms with Crippen molar-refractivity contribution in [3.8, 4) is 0 Å². The zero-order valence-corrected chi connectivity index (χ0v) is 12.3. The van der Waals surface area contributed by atoms with Crippen molar-refractivity contribution in [1.82, 2.24) is 5.32 Å². The second kappa shape index (κ2) is 6.38. The predicted molar refractivity (Wildman–Crippen MR) is 75.4 cm³/mol. The minimum Gasteiger partial charge on any atom is -0.317 e. The maximum absolute atomic E-state index is 11.6. The highest BCUT2D eigenvalue weighted by atomic mass is 32.2. The van der Waals surface area contributed by atoms with Crippen molar-refractivity contribution < 1.29 is 8.42 Å². The van der Waals surface area contributed by atoms with E-state index >= 15 is 0 Å². The van der Waals surface area contributed by atoms with Gasteiger partial charge in [0.05, 0.1) is 11.5 Å². The van der Waals surface area contributed by atoms with Crippen molar-refractivity contribution in [3.63, 3.8) is 0 Å². The minimum atomic E-state index is -2.73. The highest BCUT2D eigenvalue weighted by Crippen LogP contribution is 2.35. The highest BCUT2D eigenvalue weighted by Gasteiger charge is 2.34. The van der Waals surface area contributed by atoms with E-state index in [9.17, 15) is 8.42 Å². The number of sulfone groups is 1. The molecule has 3 nitrogen and oxygen atoms in total. The van der Waals surface area contributed by atoms with Crippen LogP contribution in [0.2, 0.25) is 0 Å². The van der Waals surface area contributed by atoms with Gasteiger partial charge in [0.25, 0.3) is 0 Å². The Morgan fingerprint density at radius 1 is 1.22 bits per heavy atom. The lowest BCUT2D eigenvalue weighted by molar-refractivity contribution is 0.278. The molecule has 0 aromatic heterocycles. The number of hydrogen-bond donors (Lipinski definition) is 1. The van der Waals surface area contributed by atoms with Gasteiger partial charge in [0.1, 0.15) is 0 Å². The lowest BCUT2D eigenvalue weighted by Gasteiger charge is -2.25. The summed E-state index contributed by atoms with van der Waals surface area (Å²) in [5.41, 5.74) is 0. The molecule has 0 spiro atoms. The van der Waals surface area contributed by atoms with E-state index in [4.69, 9.17) is 0 Å². The average Bonchev–Trinajstić information content (AvgIpc) is 2.93. The predicted octanol–water partition coefficient (Wildman–Crippen LogP) is 2.23. The number of rotatable bonds is 6. The standard InChI is InChI=1S/C14H27NO2S/c1-2-15-10-14(9-12-5-3-4-6-12)13-7-8-18(16,17)11-13/h12-15H,2-11H2,1H3. The van der Waals surface area contributed by atoms with Crippen molar-refractivity contribution >= 4 is 9.84 Å². The maximum atomic E-state index is 11.6. The van der Waals surface area contributed by atoms with Crippen molar-refractivity contribution in [1.29, 1.82) is 0 Å². The van der Waals surface area contributed by atoms with Crippen LogP contribution < -0.4 is 5.32 Å². The van der Waals surface area contributed by atoms with Crippen LogP contribution in [0.1, 0.15) is 45.4 Å². The van der Waals surface area contributed by atoms with Crippen LogP contribution in [0.25, 0.3) is 0 Å². The normalized spacial score (nSPS) is 29.7. The summed E-state index contributed by atoms with van der Waals surface area (Å²) in [7, 11) is -2.73. The van der Waals surface area contributed by atoms with Gasteiger partial charge in [0, 0.05) is 0 Å². The quantitative estimate of drug-likeness (QED) is 0.807. The summed E-state index contributed by atoms with van der Waals surface area (Å²) in [6, 6.07) is 0. The molecule has 1 heterocycles. The van der Waals surface area contributed by atoms with Gasteiger partial charge in [-0.05, 0) is 43.7 Å². The molecule has 1 aliphatic heterocycles. The first-order valence-corrected chi connectivity index (χ1v) is 9.34. The molecule has 0 aromatic carbocycles. The Balaban J connectivity index is 1.91. The second-order valence-corrected chi connectivity index (χ2v) is 8.35. The van der Waals surface area contributed by atoms with E-state index in [2.05, 4.69) is 12.2 Å². The monoisotopic (exact) mass is 273 g/mol. The third-order valence-corrected chi connectivity index (χ3v) is 6.50. The Morgan fingerprint density at radius 2 is 1.94 bits per heavy atom. The van der Waals surface area contributed by atoms with Crippen LogP contribution in [0.5, 0.6) is 0 Å². The van der Waals surface area contributed by atoms with E-state index in [0.29, 0.717) is 23.3 Å². The molecular formula is C14H27NO2S. The van der Waals surface area contributed by atoms with E-state index in [1.54, 1.807) is 0 Å². The van der Waals surface area contributed by atoms with Gasteiger partial charge >= 0.3 is 0 Å². The van der Waals surface area contributed by atoms with Crippen LogP contribution in [0, 0.1) is 17.8 Å². The van der Waals surface area contributed by atoms with Crippen molar-refractivity contribution in [2.24, 2.45) is 17.8 Å². The van der Waals surface area contributed by atoms with Gasteiger partial charge in [-0.3, -0.25) is 0 Å². The summed E-state index contributed by atoms with van der Waals surface area (Å²) >= 11 is 0. The number of hydrogen-bond acceptors (Lipinski definition) is 3. The molecule has 1 aliphatic carbocycles. The molecule has 18 heavy (non-hydrogen) atoms. The Bertz CT molecular complexity index is 347. The lowest BCUT2D eigenvalue weighted by Crippen LogP contribution is -2.30. The van der Waals surface area contributed by atoms with Gasteiger partial charge < -0.3 is 5.32 Å². The molecule has 106 valence electrons. The Morgan fingerprint density at radius 3 is 2.50 bits per heavy atom. The van der Waals surface area contributed by atoms with Crippen molar-refractivity contribution in [3.05, 3.63) is 0 Å². The van der Waals surface area contributed by atoms with Crippen LogP contribution in [0.4, 0.5) is 0 Å². The fourth-order valence-corrected chi connectivity index (χ4v) is 5.56. The molecule has 2 aliphatic rings. The first kappa shape index (κ1) is 14.3. The van der Waals surface area contributed by atoms with Gasteiger partial charge in [0.2, 0.25) is 0 Å². The first-order chi connectivity index (χ1) is 8.61. The van der Waals surface area contributed by atoms with Gasteiger partial charge in [-0.1, -0.05) is 32.6 Å². The molecule has 0 bridgehead atoms. The van der Waals surface area contributed by atoms with Gasteiger partial charge in [-0.2, -0.15) is 0 Å². The fourth-order valence-electron chi connectivity index (χ4n) is 3.64. The van der Waals surface area contributed by atoms with Gasteiger partial charge in [0.15, 0.2) is 9.84 Å². The molecule has 2 atom stereocenters. The molecule has 1 N–H and O–H groups in total. The van der Waals surface area contributed by atoms with Crippen LogP contribution in [-0.4, -0.2) is 33.0 Å². The number of nitrogens with one attached hydrogen (secondary N) is 1. The van der Waals surface area contributed by atoms with Crippen molar-refractivity contribution in [2.45, 2.75) is 45.4 Å². The summed E-state index contributed by atoms with van der Waals surface area (Å²) in [5.74, 6) is 2.71. The van der Waals surface area contributed by atoms with Crippen molar-refractivity contribution in [2.75, 3.05) is 24.6 Å². The maximum Gasteiger partial charge on any atom is 0.150 e.